The number of halogens is 2. The molecule has 1 heterocycles. The Kier molecular flexibility index (Phi) is 3.97. The molecule has 1 amide bonds. The largest absolute Gasteiger partial charge is 0.312 e. The van der Waals surface area contributed by atoms with Crippen LogP contribution in [0.3, 0.4) is 0 Å². The van der Waals surface area contributed by atoms with E-state index < -0.39 is 0 Å². The summed E-state index contributed by atoms with van der Waals surface area (Å²) >= 11 is 6.33. The third kappa shape index (κ3) is 2.50. The van der Waals surface area contributed by atoms with Crippen molar-refractivity contribution in [3.63, 3.8) is 0 Å². The number of nitrogens with zero attached hydrogens (tertiary/aromatic N) is 1. The van der Waals surface area contributed by atoms with E-state index in [1.807, 2.05) is 43.3 Å². The van der Waals surface area contributed by atoms with E-state index in [0.717, 1.165) is 22.0 Å². The number of hydrogen-bond acceptors (Lipinski definition) is 1. The molecule has 1 aliphatic rings. The Bertz CT molecular complexity index is 965. The van der Waals surface area contributed by atoms with Gasteiger partial charge in [0.1, 0.15) is 5.82 Å². The fourth-order valence-electron chi connectivity index (χ4n) is 3.84. The first-order valence-corrected chi connectivity index (χ1v) is 8.75. The second-order valence-corrected chi connectivity index (χ2v) is 6.66. The molecule has 0 saturated heterocycles. The molecule has 3 aromatic carbocycles. The summed E-state index contributed by atoms with van der Waals surface area (Å²) in [7, 11) is 0. The van der Waals surface area contributed by atoms with Gasteiger partial charge in [-0.3, -0.25) is 4.79 Å². The lowest BCUT2D eigenvalue weighted by Gasteiger charge is -2.35. The van der Waals surface area contributed by atoms with E-state index in [-0.39, 0.29) is 24.1 Å². The van der Waals surface area contributed by atoms with Crippen molar-refractivity contribution < 1.29 is 9.18 Å². The summed E-state index contributed by atoms with van der Waals surface area (Å²) in [6.45, 7) is 2.54. The summed E-state index contributed by atoms with van der Waals surface area (Å²) < 4.78 is 14.6. The lowest BCUT2D eigenvalue weighted by molar-refractivity contribution is -0.119. The molecule has 0 N–H and O–H groups in total. The summed E-state index contributed by atoms with van der Waals surface area (Å²) in [5.41, 5.74) is 2.24. The van der Waals surface area contributed by atoms with Crippen LogP contribution in [-0.2, 0) is 4.79 Å². The predicted molar refractivity (Wildman–Crippen MR) is 99.8 cm³/mol. The first-order chi connectivity index (χ1) is 12.1. The van der Waals surface area contributed by atoms with Gasteiger partial charge in [-0.25, -0.2) is 4.39 Å². The van der Waals surface area contributed by atoms with Crippen LogP contribution in [0.1, 0.15) is 30.4 Å². The van der Waals surface area contributed by atoms with Gasteiger partial charge in [0, 0.05) is 35.2 Å². The molecule has 0 spiro atoms. The van der Waals surface area contributed by atoms with Crippen LogP contribution in [0, 0.1) is 5.82 Å². The van der Waals surface area contributed by atoms with E-state index in [1.54, 1.807) is 17.0 Å². The summed E-state index contributed by atoms with van der Waals surface area (Å²) in [4.78, 5) is 14.5. The number of amides is 1. The maximum atomic E-state index is 14.6. The topological polar surface area (TPSA) is 20.3 Å². The van der Waals surface area contributed by atoms with Gasteiger partial charge in [-0.1, -0.05) is 48.0 Å². The van der Waals surface area contributed by atoms with Crippen LogP contribution >= 0.6 is 11.6 Å². The Morgan fingerprint density at radius 3 is 2.64 bits per heavy atom. The lowest BCUT2D eigenvalue weighted by Crippen LogP contribution is -2.37. The molecule has 0 fully saturated rings. The zero-order valence-corrected chi connectivity index (χ0v) is 14.6. The fourth-order valence-corrected chi connectivity index (χ4v) is 4.14. The van der Waals surface area contributed by atoms with Crippen molar-refractivity contribution in [2.24, 2.45) is 0 Å². The maximum absolute atomic E-state index is 14.6. The van der Waals surface area contributed by atoms with Crippen molar-refractivity contribution in [3.05, 3.63) is 76.6 Å². The quantitative estimate of drug-likeness (QED) is 0.594. The van der Waals surface area contributed by atoms with Crippen molar-refractivity contribution in [2.45, 2.75) is 19.3 Å². The van der Waals surface area contributed by atoms with Gasteiger partial charge in [0.15, 0.2) is 0 Å². The smallest absolute Gasteiger partial charge is 0.227 e. The highest BCUT2D eigenvalue weighted by molar-refractivity contribution is 6.31. The Labute approximate surface area is 150 Å². The zero-order chi connectivity index (χ0) is 17.6. The molecule has 0 bridgehead atoms. The molecule has 3 aromatic rings. The van der Waals surface area contributed by atoms with E-state index in [4.69, 9.17) is 11.6 Å². The number of benzene rings is 3. The third-order valence-corrected chi connectivity index (χ3v) is 5.26. The standard InChI is InChI=1S/C21H17ClFNO/c1-2-24-18-11-10-13-6-3-4-7-14(13)20(18)15(12-19(24)25)21-16(22)8-5-9-17(21)23/h3-11,15H,2,12H2,1H3. The van der Waals surface area contributed by atoms with Gasteiger partial charge in [0.05, 0.1) is 0 Å². The molecular formula is C21H17ClFNO. The van der Waals surface area contributed by atoms with Gasteiger partial charge in [0.25, 0.3) is 0 Å². The minimum atomic E-state index is -0.384. The van der Waals surface area contributed by atoms with Crippen LogP contribution in [0.2, 0.25) is 5.02 Å². The van der Waals surface area contributed by atoms with Crippen LogP contribution < -0.4 is 4.90 Å². The van der Waals surface area contributed by atoms with Crippen molar-refractivity contribution in [3.8, 4) is 0 Å². The summed E-state index contributed by atoms with van der Waals surface area (Å²) in [5.74, 6) is -0.756. The molecular weight excluding hydrogens is 337 g/mol. The Hall–Kier alpha value is -2.39. The number of carbonyl (C=O) groups excluding carboxylic acids is 1. The maximum Gasteiger partial charge on any atom is 0.227 e. The molecule has 0 aromatic heterocycles. The number of anilines is 1. The second-order valence-electron chi connectivity index (χ2n) is 6.25. The van der Waals surface area contributed by atoms with E-state index in [1.165, 1.54) is 6.07 Å². The molecule has 1 unspecified atom stereocenters. The molecule has 4 rings (SSSR count). The van der Waals surface area contributed by atoms with Gasteiger partial charge in [0.2, 0.25) is 5.91 Å². The van der Waals surface area contributed by atoms with E-state index in [0.29, 0.717) is 17.1 Å². The van der Waals surface area contributed by atoms with Crippen LogP contribution in [-0.4, -0.2) is 12.5 Å². The van der Waals surface area contributed by atoms with Gasteiger partial charge < -0.3 is 4.90 Å². The average molecular weight is 354 g/mol. The van der Waals surface area contributed by atoms with Gasteiger partial charge in [-0.15, -0.1) is 0 Å². The zero-order valence-electron chi connectivity index (χ0n) is 13.8. The lowest BCUT2D eigenvalue weighted by atomic mass is 9.81. The minimum Gasteiger partial charge on any atom is -0.312 e. The molecule has 4 heteroatoms. The first kappa shape index (κ1) is 16.1. The minimum absolute atomic E-state index is 0.00500. The summed E-state index contributed by atoms with van der Waals surface area (Å²) in [5, 5.41) is 2.47. The van der Waals surface area contributed by atoms with Crippen molar-refractivity contribution in [1.29, 1.82) is 0 Å². The Morgan fingerprint density at radius 2 is 1.88 bits per heavy atom. The number of hydrogen-bond donors (Lipinski definition) is 0. The SMILES string of the molecule is CCN1C(=O)CC(c2c(F)cccc2Cl)c2c1ccc1ccccc21. The molecule has 126 valence electrons. The Morgan fingerprint density at radius 1 is 1.08 bits per heavy atom. The van der Waals surface area contributed by atoms with Crippen LogP contribution in [0.4, 0.5) is 10.1 Å². The highest BCUT2D eigenvalue weighted by Gasteiger charge is 2.35. The summed E-state index contributed by atoms with van der Waals surface area (Å²) in [6.07, 6.45) is 0.218. The highest BCUT2D eigenvalue weighted by Crippen LogP contribution is 2.46. The second kappa shape index (κ2) is 6.16. The van der Waals surface area contributed by atoms with Gasteiger partial charge >= 0.3 is 0 Å². The third-order valence-electron chi connectivity index (χ3n) is 4.93. The van der Waals surface area contributed by atoms with Crippen LogP contribution in [0.5, 0.6) is 0 Å². The van der Waals surface area contributed by atoms with E-state index >= 15 is 0 Å². The molecule has 25 heavy (non-hydrogen) atoms. The van der Waals surface area contributed by atoms with E-state index in [9.17, 15) is 9.18 Å². The fraction of sp³-hybridized carbons (Fsp3) is 0.190. The number of rotatable bonds is 2. The van der Waals surface area contributed by atoms with Gasteiger partial charge in [-0.05, 0) is 41.5 Å². The molecule has 1 aliphatic heterocycles. The van der Waals surface area contributed by atoms with Crippen molar-refractivity contribution >= 4 is 34.0 Å². The normalized spacial score (nSPS) is 17.0. The van der Waals surface area contributed by atoms with Crippen LogP contribution in [0.15, 0.2) is 54.6 Å². The Balaban J connectivity index is 2.06. The average Bonchev–Trinajstić information content (AvgIpc) is 2.61. The number of fused-ring (bicyclic) bond motifs is 3. The number of carbonyl (C=O) groups is 1. The van der Waals surface area contributed by atoms with Crippen molar-refractivity contribution in [1.82, 2.24) is 0 Å². The van der Waals surface area contributed by atoms with Crippen LogP contribution in [0.25, 0.3) is 10.8 Å². The van der Waals surface area contributed by atoms with E-state index in [2.05, 4.69) is 0 Å². The van der Waals surface area contributed by atoms with Gasteiger partial charge in [-0.2, -0.15) is 0 Å². The molecule has 2 nitrogen and oxygen atoms in total. The molecule has 0 radical (unpaired) electrons. The molecule has 1 atom stereocenters. The predicted octanol–water partition coefficient (Wildman–Crippen LogP) is 5.52. The van der Waals surface area contributed by atoms with Crippen molar-refractivity contribution in [2.75, 3.05) is 11.4 Å². The molecule has 0 aliphatic carbocycles. The molecule has 0 saturated carbocycles. The summed E-state index contributed by atoms with van der Waals surface area (Å²) in [6, 6.07) is 16.6. The highest BCUT2D eigenvalue weighted by atomic mass is 35.5. The first-order valence-electron chi connectivity index (χ1n) is 8.37. The monoisotopic (exact) mass is 353 g/mol.